The Balaban J connectivity index is 1.49. The van der Waals surface area contributed by atoms with E-state index in [2.05, 4.69) is 39.0 Å². The molecular weight excluding hydrogens is 332 g/mol. The van der Waals surface area contributed by atoms with E-state index in [-0.39, 0.29) is 0 Å². The molecule has 1 saturated heterocycles. The zero-order valence-corrected chi connectivity index (χ0v) is 15.6. The van der Waals surface area contributed by atoms with Crippen molar-refractivity contribution in [1.29, 1.82) is 0 Å². The van der Waals surface area contributed by atoms with Gasteiger partial charge in [-0.05, 0) is 19.1 Å². The van der Waals surface area contributed by atoms with Gasteiger partial charge in [0, 0.05) is 52.0 Å². The van der Waals surface area contributed by atoms with Gasteiger partial charge in [0.05, 0.1) is 10.2 Å². The van der Waals surface area contributed by atoms with E-state index in [0.29, 0.717) is 0 Å². The highest BCUT2D eigenvalue weighted by atomic mass is 32.1. The number of benzene rings is 1. The number of para-hydroxylation sites is 1. The number of fused-ring (bicyclic) bond motifs is 1. The van der Waals surface area contributed by atoms with Crippen LogP contribution in [0.3, 0.4) is 0 Å². The summed E-state index contributed by atoms with van der Waals surface area (Å²) in [5, 5.41) is 1.12. The second-order valence-electron chi connectivity index (χ2n) is 6.50. The lowest BCUT2D eigenvalue weighted by Crippen LogP contribution is -2.47. The van der Waals surface area contributed by atoms with E-state index in [0.717, 1.165) is 54.3 Å². The number of aromatic nitrogens is 3. The number of piperazine rings is 1. The van der Waals surface area contributed by atoms with Crippen LogP contribution in [0.25, 0.3) is 10.2 Å². The monoisotopic (exact) mass is 354 g/mol. The summed E-state index contributed by atoms with van der Waals surface area (Å²) >= 11 is 1.77. The van der Waals surface area contributed by atoms with Crippen molar-refractivity contribution in [3.8, 4) is 0 Å². The van der Waals surface area contributed by atoms with Gasteiger partial charge in [-0.25, -0.2) is 9.97 Å². The van der Waals surface area contributed by atoms with E-state index in [1.54, 1.807) is 11.3 Å². The molecule has 0 aliphatic carbocycles. The molecule has 0 spiro atoms. The SMILES string of the molecule is Cc1cc(N2CCN(c3nc4ccccc4s3)CC2)nc(N(C)C)n1. The molecule has 7 heteroatoms. The van der Waals surface area contributed by atoms with Gasteiger partial charge in [0.25, 0.3) is 0 Å². The lowest BCUT2D eigenvalue weighted by molar-refractivity contribution is 0.645. The molecule has 0 saturated carbocycles. The molecular formula is C18H22N6S. The molecule has 2 aromatic heterocycles. The molecule has 4 rings (SSSR count). The van der Waals surface area contributed by atoms with Crippen molar-refractivity contribution >= 4 is 38.5 Å². The van der Waals surface area contributed by atoms with Crippen molar-refractivity contribution in [2.75, 3.05) is 55.0 Å². The van der Waals surface area contributed by atoms with Gasteiger partial charge in [-0.2, -0.15) is 4.98 Å². The van der Waals surface area contributed by atoms with Gasteiger partial charge in [-0.15, -0.1) is 0 Å². The third kappa shape index (κ3) is 3.24. The van der Waals surface area contributed by atoms with Crippen LogP contribution in [0.5, 0.6) is 0 Å². The topological polar surface area (TPSA) is 48.4 Å². The summed E-state index contributed by atoms with van der Waals surface area (Å²) in [5.41, 5.74) is 2.09. The number of nitrogens with zero attached hydrogens (tertiary/aromatic N) is 6. The van der Waals surface area contributed by atoms with Crippen molar-refractivity contribution in [1.82, 2.24) is 15.0 Å². The Kier molecular flexibility index (Phi) is 4.17. The molecule has 6 nitrogen and oxygen atoms in total. The van der Waals surface area contributed by atoms with E-state index in [1.165, 1.54) is 4.70 Å². The Morgan fingerprint density at radius 2 is 1.68 bits per heavy atom. The van der Waals surface area contributed by atoms with Crippen LogP contribution >= 0.6 is 11.3 Å². The summed E-state index contributed by atoms with van der Waals surface area (Å²) in [4.78, 5) is 20.6. The minimum absolute atomic E-state index is 0.767. The van der Waals surface area contributed by atoms with Crippen LogP contribution in [0.1, 0.15) is 5.69 Å². The quantitative estimate of drug-likeness (QED) is 0.721. The Labute approximate surface area is 151 Å². The highest BCUT2D eigenvalue weighted by molar-refractivity contribution is 7.22. The van der Waals surface area contributed by atoms with Gasteiger partial charge in [-0.3, -0.25) is 0 Å². The number of thiazole rings is 1. The second-order valence-corrected chi connectivity index (χ2v) is 7.51. The van der Waals surface area contributed by atoms with Crippen LogP contribution in [0.4, 0.5) is 16.9 Å². The minimum Gasteiger partial charge on any atom is -0.353 e. The number of anilines is 3. The fraction of sp³-hybridized carbons (Fsp3) is 0.389. The molecule has 130 valence electrons. The van der Waals surface area contributed by atoms with Gasteiger partial charge >= 0.3 is 0 Å². The number of rotatable bonds is 3. The van der Waals surface area contributed by atoms with E-state index in [1.807, 2.05) is 32.0 Å². The van der Waals surface area contributed by atoms with Crippen LogP contribution < -0.4 is 14.7 Å². The smallest absolute Gasteiger partial charge is 0.226 e. The summed E-state index contributed by atoms with van der Waals surface area (Å²) in [5.74, 6) is 1.78. The van der Waals surface area contributed by atoms with Crippen molar-refractivity contribution in [3.05, 3.63) is 36.0 Å². The zero-order chi connectivity index (χ0) is 17.4. The molecule has 25 heavy (non-hydrogen) atoms. The standard InChI is InChI=1S/C18H22N6S/c1-13-12-16(21-17(19-13)22(2)3)23-8-10-24(11-9-23)18-20-14-6-4-5-7-15(14)25-18/h4-7,12H,8-11H2,1-3H3. The average molecular weight is 354 g/mol. The van der Waals surface area contributed by atoms with Gasteiger partial charge < -0.3 is 14.7 Å². The molecule has 0 N–H and O–H groups in total. The third-order valence-electron chi connectivity index (χ3n) is 4.39. The molecule has 1 aliphatic rings. The summed E-state index contributed by atoms with van der Waals surface area (Å²) in [6, 6.07) is 10.4. The maximum Gasteiger partial charge on any atom is 0.226 e. The molecule has 0 bridgehead atoms. The fourth-order valence-corrected chi connectivity index (χ4v) is 4.04. The lowest BCUT2D eigenvalue weighted by atomic mass is 10.3. The van der Waals surface area contributed by atoms with Crippen LogP contribution in [0.2, 0.25) is 0 Å². The first-order chi connectivity index (χ1) is 12.1. The number of hydrogen-bond acceptors (Lipinski definition) is 7. The van der Waals surface area contributed by atoms with Crippen LogP contribution in [0.15, 0.2) is 30.3 Å². The van der Waals surface area contributed by atoms with Gasteiger partial charge in [0.15, 0.2) is 5.13 Å². The average Bonchev–Trinajstić information content (AvgIpc) is 3.05. The van der Waals surface area contributed by atoms with Crippen molar-refractivity contribution < 1.29 is 0 Å². The Hall–Kier alpha value is -2.41. The first-order valence-corrected chi connectivity index (χ1v) is 9.30. The van der Waals surface area contributed by atoms with Crippen LogP contribution in [-0.4, -0.2) is 55.2 Å². The molecule has 1 aliphatic heterocycles. The van der Waals surface area contributed by atoms with E-state index in [9.17, 15) is 0 Å². The zero-order valence-electron chi connectivity index (χ0n) is 14.8. The van der Waals surface area contributed by atoms with Crippen LogP contribution in [-0.2, 0) is 0 Å². The van der Waals surface area contributed by atoms with Gasteiger partial charge in [-0.1, -0.05) is 23.5 Å². The molecule has 1 aromatic carbocycles. The number of aryl methyl sites for hydroxylation is 1. The van der Waals surface area contributed by atoms with E-state index < -0.39 is 0 Å². The van der Waals surface area contributed by atoms with Gasteiger partial charge in [0.2, 0.25) is 5.95 Å². The van der Waals surface area contributed by atoms with E-state index >= 15 is 0 Å². The Morgan fingerprint density at radius 3 is 2.40 bits per heavy atom. The molecule has 3 heterocycles. The van der Waals surface area contributed by atoms with E-state index in [4.69, 9.17) is 9.97 Å². The summed E-state index contributed by atoms with van der Waals surface area (Å²) < 4.78 is 1.25. The number of hydrogen-bond donors (Lipinski definition) is 0. The maximum absolute atomic E-state index is 4.78. The highest BCUT2D eigenvalue weighted by Gasteiger charge is 2.21. The largest absolute Gasteiger partial charge is 0.353 e. The van der Waals surface area contributed by atoms with Crippen LogP contribution in [0, 0.1) is 6.92 Å². The molecule has 1 fully saturated rings. The Morgan fingerprint density at radius 1 is 0.960 bits per heavy atom. The maximum atomic E-state index is 4.78. The molecule has 3 aromatic rings. The molecule has 0 unspecified atom stereocenters. The summed E-state index contributed by atoms with van der Waals surface area (Å²) in [6.45, 7) is 5.83. The predicted molar refractivity (Wildman–Crippen MR) is 105 cm³/mol. The lowest BCUT2D eigenvalue weighted by Gasteiger charge is -2.35. The third-order valence-corrected chi connectivity index (χ3v) is 5.48. The summed E-state index contributed by atoms with van der Waals surface area (Å²) in [7, 11) is 3.95. The summed E-state index contributed by atoms with van der Waals surface area (Å²) in [6.07, 6.45) is 0. The first-order valence-electron chi connectivity index (χ1n) is 8.48. The fourth-order valence-electron chi connectivity index (χ4n) is 3.02. The van der Waals surface area contributed by atoms with Crippen molar-refractivity contribution in [2.45, 2.75) is 6.92 Å². The van der Waals surface area contributed by atoms with Crippen molar-refractivity contribution in [2.24, 2.45) is 0 Å². The Bertz CT molecular complexity index is 849. The van der Waals surface area contributed by atoms with Gasteiger partial charge in [0.1, 0.15) is 5.82 Å². The first kappa shape index (κ1) is 16.1. The molecule has 0 amide bonds. The predicted octanol–water partition coefficient (Wildman–Crippen LogP) is 2.79. The second kappa shape index (κ2) is 6.48. The van der Waals surface area contributed by atoms with Crippen molar-refractivity contribution in [3.63, 3.8) is 0 Å². The minimum atomic E-state index is 0.767. The molecule has 0 atom stereocenters. The molecule has 0 radical (unpaired) electrons. The highest BCUT2D eigenvalue weighted by Crippen LogP contribution is 2.29. The normalized spacial score (nSPS) is 15.0.